The Bertz CT molecular complexity index is 1180. The van der Waals surface area contributed by atoms with E-state index in [1.807, 2.05) is 43.3 Å². The van der Waals surface area contributed by atoms with Crippen LogP contribution in [0.2, 0.25) is 5.02 Å². The first-order valence-corrected chi connectivity index (χ1v) is 12.6. The number of thiocarbonyl (C=S) groups is 1. The third kappa shape index (κ3) is 5.04. The van der Waals surface area contributed by atoms with Crippen LogP contribution in [0.25, 0.3) is 5.57 Å². The molecular formula is C25H23ClN2O4S2. The summed E-state index contributed by atoms with van der Waals surface area (Å²) in [7, 11) is 0. The minimum absolute atomic E-state index is 0.208. The second kappa shape index (κ2) is 10.7. The smallest absolute Gasteiger partial charge is 0.305 e. The summed E-state index contributed by atoms with van der Waals surface area (Å²) in [6.07, 6.45) is 1.41. The zero-order valence-corrected chi connectivity index (χ0v) is 21.0. The van der Waals surface area contributed by atoms with Gasteiger partial charge in [-0.3, -0.25) is 19.3 Å². The number of rotatable bonds is 8. The lowest BCUT2D eigenvalue weighted by Crippen LogP contribution is -2.30. The van der Waals surface area contributed by atoms with Gasteiger partial charge in [-0.25, -0.2) is 0 Å². The van der Waals surface area contributed by atoms with Gasteiger partial charge < -0.3 is 9.64 Å². The van der Waals surface area contributed by atoms with Crippen molar-refractivity contribution in [3.63, 3.8) is 0 Å². The molecule has 6 nitrogen and oxygen atoms in total. The van der Waals surface area contributed by atoms with Crippen molar-refractivity contribution < 1.29 is 19.1 Å². The Kier molecular flexibility index (Phi) is 7.70. The first kappa shape index (κ1) is 24.4. The molecule has 2 aromatic rings. The highest BCUT2D eigenvalue weighted by atomic mass is 35.5. The lowest BCUT2D eigenvalue weighted by Gasteiger charge is -2.17. The normalized spacial score (nSPS) is 17.5. The fraction of sp³-hybridized carbons (Fsp3) is 0.280. The van der Waals surface area contributed by atoms with Crippen LogP contribution in [0.3, 0.4) is 0 Å². The quantitative estimate of drug-likeness (QED) is 0.274. The van der Waals surface area contributed by atoms with E-state index in [9.17, 15) is 14.4 Å². The first-order chi connectivity index (χ1) is 16.4. The van der Waals surface area contributed by atoms with Gasteiger partial charge in [0.25, 0.3) is 11.8 Å². The number of fused-ring (bicyclic) bond motifs is 1. The van der Waals surface area contributed by atoms with Gasteiger partial charge in [0.15, 0.2) is 0 Å². The Hall–Kier alpha value is -2.68. The highest BCUT2D eigenvalue weighted by Gasteiger charge is 2.41. The molecule has 0 saturated carbocycles. The van der Waals surface area contributed by atoms with Crippen molar-refractivity contribution in [2.75, 3.05) is 18.1 Å². The first-order valence-electron chi connectivity index (χ1n) is 11.0. The fourth-order valence-electron chi connectivity index (χ4n) is 3.84. The number of nitrogens with zero attached hydrogens (tertiary/aromatic N) is 2. The van der Waals surface area contributed by atoms with Crippen molar-refractivity contribution in [3.05, 3.63) is 69.6 Å². The zero-order valence-electron chi connectivity index (χ0n) is 18.6. The molecule has 0 N–H and O–H groups in total. The largest absolute Gasteiger partial charge is 0.466 e. The minimum atomic E-state index is -0.302. The van der Waals surface area contributed by atoms with E-state index in [2.05, 4.69) is 0 Å². The molecule has 176 valence electrons. The summed E-state index contributed by atoms with van der Waals surface area (Å²) in [6, 6.07) is 14.8. The van der Waals surface area contributed by atoms with Gasteiger partial charge in [0.2, 0.25) is 0 Å². The van der Waals surface area contributed by atoms with E-state index in [1.54, 1.807) is 17.0 Å². The molecule has 2 aliphatic heterocycles. The van der Waals surface area contributed by atoms with Crippen LogP contribution in [0.15, 0.2) is 53.4 Å². The van der Waals surface area contributed by atoms with Gasteiger partial charge in [-0.2, -0.15) is 0 Å². The number of benzene rings is 2. The van der Waals surface area contributed by atoms with Gasteiger partial charge in [-0.05, 0) is 36.6 Å². The van der Waals surface area contributed by atoms with Crippen LogP contribution in [0.4, 0.5) is 5.69 Å². The number of anilines is 1. The summed E-state index contributed by atoms with van der Waals surface area (Å²) >= 11 is 12.6. The van der Waals surface area contributed by atoms with Crippen molar-refractivity contribution in [2.24, 2.45) is 0 Å². The maximum atomic E-state index is 13.5. The number of hydrogen-bond acceptors (Lipinski definition) is 6. The molecule has 1 saturated heterocycles. The molecule has 2 aromatic carbocycles. The highest BCUT2D eigenvalue weighted by molar-refractivity contribution is 8.26. The highest BCUT2D eigenvalue weighted by Crippen LogP contribution is 2.45. The van der Waals surface area contributed by atoms with Gasteiger partial charge in [0.05, 0.1) is 29.3 Å². The summed E-state index contributed by atoms with van der Waals surface area (Å²) in [5, 5.41) is 0.625. The molecule has 9 heteroatoms. The van der Waals surface area contributed by atoms with E-state index in [1.165, 1.54) is 4.90 Å². The Morgan fingerprint density at radius 3 is 2.53 bits per heavy atom. The third-order valence-corrected chi connectivity index (χ3v) is 7.18. The Labute approximate surface area is 212 Å². The van der Waals surface area contributed by atoms with Gasteiger partial charge in [-0.1, -0.05) is 72.8 Å². The van der Waals surface area contributed by atoms with Crippen molar-refractivity contribution in [1.29, 1.82) is 0 Å². The fourth-order valence-corrected chi connectivity index (χ4v) is 5.35. The molecule has 34 heavy (non-hydrogen) atoms. The van der Waals surface area contributed by atoms with E-state index >= 15 is 0 Å². The topological polar surface area (TPSA) is 66.9 Å². The molecule has 2 aliphatic rings. The predicted octanol–water partition coefficient (Wildman–Crippen LogP) is 5.19. The summed E-state index contributed by atoms with van der Waals surface area (Å²) in [5.41, 5.74) is 2.76. The van der Waals surface area contributed by atoms with Crippen LogP contribution in [0.5, 0.6) is 0 Å². The number of para-hydroxylation sites is 1. The third-order valence-electron chi connectivity index (χ3n) is 5.48. The lowest BCUT2D eigenvalue weighted by molar-refractivity contribution is -0.144. The molecule has 2 amide bonds. The number of esters is 1. The second-order valence-corrected chi connectivity index (χ2v) is 9.97. The molecule has 0 atom stereocenters. The van der Waals surface area contributed by atoms with Gasteiger partial charge in [0, 0.05) is 23.6 Å². The Morgan fingerprint density at radius 1 is 1.06 bits per heavy atom. The standard InChI is InChI=1S/C25H23ClN2O4S2/c1-2-14-32-20(29)8-5-13-27-24(31)22(34-25(27)33)21-18-6-3-4-7-19(18)28(23(21)30)15-16-9-11-17(26)12-10-16/h3-4,6-7,9-12H,2,5,8,13-15H2,1H3/b22-21-. The average Bonchev–Trinajstić information content (AvgIpc) is 3.26. The van der Waals surface area contributed by atoms with E-state index in [0.717, 1.165) is 29.4 Å². The van der Waals surface area contributed by atoms with E-state index in [4.69, 9.17) is 28.6 Å². The van der Waals surface area contributed by atoms with Gasteiger partial charge in [0.1, 0.15) is 4.32 Å². The number of carbonyl (C=O) groups excluding carboxylic acids is 3. The summed E-state index contributed by atoms with van der Waals surface area (Å²) in [6.45, 7) is 2.98. The molecule has 4 rings (SSSR count). The van der Waals surface area contributed by atoms with Crippen molar-refractivity contribution in [3.8, 4) is 0 Å². The molecule has 2 heterocycles. The van der Waals surface area contributed by atoms with Crippen LogP contribution < -0.4 is 4.90 Å². The number of carbonyl (C=O) groups is 3. The maximum Gasteiger partial charge on any atom is 0.305 e. The Morgan fingerprint density at radius 2 is 1.79 bits per heavy atom. The Balaban J connectivity index is 1.56. The van der Waals surface area contributed by atoms with Crippen molar-refractivity contribution in [1.82, 2.24) is 4.90 Å². The van der Waals surface area contributed by atoms with Crippen molar-refractivity contribution >= 4 is 68.9 Å². The monoisotopic (exact) mass is 514 g/mol. The van der Waals surface area contributed by atoms with E-state index in [0.29, 0.717) is 51.5 Å². The lowest BCUT2D eigenvalue weighted by atomic mass is 10.1. The molecule has 0 radical (unpaired) electrons. The minimum Gasteiger partial charge on any atom is -0.466 e. The number of ether oxygens (including phenoxy) is 1. The predicted molar refractivity (Wildman–Crippen MR) is 138 cm³/mol. The average molecular weight is 515 g/mol. The molecule has 0 bridgehead atoms. The maximum absolute atomic E-state index is 13.5. The second-order valence-electron chi connectivity index (χ2n) is 7.89. The van der Waals surface area contributed by atoms with Crippen LogP contribution in [0, 0.1) is 0 Å². The molecular weight excluding hydrogens is 492 g/mol. The summed E-state index contributed by atoms with van der Waals surface area (Å²) in [5.74, 6) is -0.827. The molecule has 0 spiro atoms. The van der Waals surface area contributed by atoms with Crippen LogP contribution in [-0.4, -0.2) is 40.2 Å². The number of thioether (sulfide) groups is 1. The molecule has 1 fully saturated rings. The van der Waals surface area contributed by atoms with Crippen LogP contribution in [0.1, 0.15) is 37.3 Å². The van der Waals surface area contributed by atoms with Crippen LogP contribution >= 0.6 is 35.6 Å². The molecule has 0 aliphatic carbocycles. The SMILES string of the molecule is CCCOC(=O)CCCN1C(=O)/C(=C2/C(=O)N(Cc3ccc(Cl)cc3)c3ccccc32)SC1=S. The van der Waals surface area contributed by atoms with Crippen molar-refractivity contribution in [2.45, 2.75) is 32.7 Å². The van der Waals surface area contributed by atoms with Gasteiger partial charge in [-0.15, -0.1) is 0 Å². The van der Waals surface area contributed by atoms with E-state index < -0.39 is 0 Å². The summed E-state index contributed by atoms with van der Waals surface area (Å²) in [4.78, 5) is 42.0. The molecule has 0 aromatic heterocycles. The van der Waals surface area contributed by atoms with Gasteiger partial charge >= 0.3 is 5.97 Å². The zero-order chi connectivity index (χ0) is 24.2. The van der Waals surface area contributed by atoms with E-state index in [-0.39, 0.29) is 24.2 Å². The number of amides is 2. The summed E-state index contributed by atoms with van der Waals surface area (Å²) < 4.78 is 5.47. The number of hydrogen-bond donors (Lipinski definition) is 0. The number of halogens is 1. The van der Waals surface area contributed by atoms with Crippen LogP contribution in [-0.2, 0) is 25.7 Å². The molecule has 0 unspecified atom stereocenters.